The molecule has 13 heavy (non-hydrogen) atoms. The quantitative estimate of drug-likeness (QED) is 0.527. The van der Waals surface area contributed by atoms with Gasteiger partial charge in [0.05, 0.1) is 13.2 Å². The van der Waals surface area contributed by atoms with Crippen LogP contribution in [0, 0.1) is 0 Å². The summed E-state index contributed by atoms with van der Waals surface area (Å²) in [5.41, 5.74) is 0. The Morgan fingerprint density at radius 3 is 2.69 bits per heavy atom. The molecule has 0 saturated carbocycles. The molecule has 2 aliphatic rings. The Bertz CT molecular complexity index is 217. The van der Waals surface area contributed by atoms with E-state index >= 15 is 0 Å². The third-order valence-electron chi connectivity index (χ3n) is 2.23. The van der Waals surface area contributed by atoms with Crippen molar-refractivity contribution in [3.63, 3.8) is 0 Å². The van der Waals surface area contributed by atoms with Gasteiger partial charge in [0.2, 0.25) is 0 Å². The van der Waals surface area contributed by atoms with Crippen molar-refractivity contribution in [2.75, 3.05) is 13.2 Å². The number of carboxylic acid groups (broad SMARTS) is 1. The molecule has 2 heterocycles. The van der Waals surface area contributed by atoms with E-state index in [0.29, 0.717) is 0 Å². The van der Waals surface area contributed by atoms with E-state index in [1.54, 1.807) is 0 Å². The summed E-state index contributed by atoms with van der Waals surface area (Å²) in [7, 11) is 0. The monoisotopic (exact) mass is 190 g/mol. The SMILES string of the molecule is O=C(O)O[C@H]1CO[C@H]2[C@@H]1OC[C@H]2O. The first-order chi connectivity index (χ1) is 6.18. The highest BCUT2D eigenvalue weighted by molar-refractivity contribution is 5.57. The smallest absolute Gasteiger partial charge is 0.450 e. The molecule has 0 aliphatic carbocycles. The van der Waals surface area contributed by atoms with E-state index in [1.807, 2.05) is 0 Å². The van der Waals surface area contributed by atoms with Gasteiger partial charge in [0.1, 0.15) is 18.3 Å². The summed E-state index contributed by atoms with van der Waals surface area (Å²) >= 11 is 0. The van der Waals surface area contributed by atoms with Crippen LogP contribution in [0.5, 0.6) is 0 Å². The topological polar surface area (TPSA) is 85.2 Å². The molecule has 0 aromatic carbocycles. The molecule has 0 aromatic heterocycles. The van der Waals surface area contributed by atoms with E-state index in [0.717, 1.165) is 0 Å². The van der Waals surface area contributed by atoms with Crippen molar-refractivity contribution >= 4 is 6.16 Å². The minimum atomic E-state index is -1.35. The van der Waals surface area contributed by atoms with E-state index in [-0.39, 0.29) is 13.2 Å². The average molecular weight is 190 g/mol. The van der Waals surface area contributed by atoms with E-state index in [4.69, 9.17) is 14.6 Å². The second-order valence-corrected chi connectivity index (χ2v) is 3.09. The number of carbonyl (C=O) groups is 1. The van der Waals surface area contributed by atoms with E-state index in [1.165, 1.54) is 0 Å². The fraction of sp³-hybridized carbons (Fsp3) is 0.857. The van der Waals surface area contributed by atoms with Gasteiger partial charge in [0, 0.05) is 0 Å². The van der Waals surface area contributed by atoms with Crippen LogP contribution in [0.15, 0.2) is 0 Å². The van der Waals surface area contributed by atoms with Gasteiger partial charge < -0.3 is 24.4 Å². The molecule has 0 unspecified atom stereocenters. The van der Waals surface area contributed by atoms with Crippen LogP contribution < -0.4 is 0 Å². The molecule has 6 nitrogen and oxygen atoms in total. The highest BCUT2D eigenvalue weighted by Gasteiger charge is 2.48. The lowest BCUT2D eigenvalue weighted by atomic mass is 10.1. The fourth-order valence-electron chi connectivity index (χ4n) is 1.67. The van der Waals surface area contributed by atoms with Gasteiger partial charge in [0.15, 0.2) is 6.10 Å². The molecule has 6 heteroatoms. The molecule has 0 aromatic rings. The van der Waals surface area contributed by atoms with Gasteiger partial charge in [0.25, 0.3) is 0 Å². The maximum atomic E-state index is 10.2. The largest absolute Gasteiger partial charge is 0.506 e. The van der Waals surface area contributed by atoms with E-state index in [2.05, 4.69) is 4.74 Å². The van der Waals surface area contributed by atoms with Crippen LogP contribution in [-0.2, 0) is 14.2 Å². The maximum absolute atomic E-state index is 10.2. The van der Waals surface area contributed by atoms with Gasteiger partial charge in [-0.15, -0.1) is 0 Å². The van der Waals surface area contributed by atoms with Crippen molar-refractivity contribution in [2.45, 2.75) is 24.4 Å². The van der Waals surface area contributed by atoms with Gasteiger partial charge in [-0.3, -0.25) is 0 Å². The molecule has 0 spiro atoms. The van der Waals surface area contributed by atoms with Crippen LogP contribution >= 0.6 is 0 Å². The van der Waals surface area contributed by atoms with Crippen LogP contribution in [-0.4, -0.2) is 54.0 Å². The third kappa shape index (κ3) is 1.48. The average Bonchev–Trinajstić information content (AvgIpc) is 2.56. The molecule has 2 fully saturated rings. The third-order valence-corrected chi connectivity index (χ3v) is 2.23. The highest BCUT2D eigenvalue weighted by atomic mass is 16.7. The molecule has 0 radical (unpaired) electrons. The Kier molecular flexibility index (Phi) is 2.10. The molecule has 74 valence electrons. The van der Waals surface area contributed by atoms with Crippen molar-refractivity contribution in [1.82, 2.24) is 0 Å². The molecular weight excluding hydrogens is 180 g/mol. The van der Waals surface area contributed by atoms with Crippen LogP contribution in [0.2, 0.25) is 0 Å². The van der Waals surface area contributed by atoms with Crippen LogP contribution in [0.4, 0.5) is 4.79 Å². The number of rotatable bonds is 1. The molecular formula is C7H10O6. The number of hydrogen-bond acceptors (Lipinski definition) is 5. The van der Waals surface area contributed by atoms with Crippen LogP contribution in [0.25, 0.3) is 0 Å². The molecule has 2 aliphatic heterocycles. The molecule has 2 rings (SSSR count). The zero-order valence-corrected chi connectivity index (χ0v) is 6.75. The van der Waals surface area contributed by atoms with Gasteiger partial charge in [-0.2, -0.15) is 0 Å². The summed E-state index contributed by atoms with van der Waals surface area (Å²) < 4.78 is 14.8. The van der Waals surface area contributed by atoms with Crippen LogP contribution in [0.1, 0.15) is 0 Å². The summed E-state index contributed by atoms with van der Waals surface area (Å²) in [5.74, 6) is 0. The van der Waals surface area contributed by atoms with Crippen molar-refractivity contribution in [1.29, 1.82) is 0 Å². The van der Waals surface area contributed by atoms with E-state index < -0.39 is 30.6 Å². The first-order valence-electron chi connectivity index (χ1n) is 3.99. The number of fused-ring (bicyclic) bond motifs is 1. The lowest BCUT2D eigenvalue weighted by Gasteiger charge is -2.13. The Balaban J connectivity index is 1.98. The van der Waals surface area contributed by atoms with Gasteiger partial charge in [-0.1, -0.05) is 0 Å². The van der Waals surface area contributed by atoms with E-state index in [9.17, 15) is 9.90 Å². The summed E-state index contributed by atoms with van der Waals surface area (Å²) in [5, 5.41) is 17.7. The lowest BCUT2D eigenvalue weighted by molar-refractivity contribution is -0.0214. The summed E-state index contributed by atoms with van der Waals surface area (Å²) in [6.45, 7) is 0.327. The summed E-state index contributed by atoms with van der Waals surface area (Å²) in [6, 6.07) is 0. The van der Waals surface area contributed by atoms with Gasteiger partial charge in [-0.25, -0.2) is 4.79 Å². The Morgan fingerprint density at radius 1 is 1.31 bits per heavy atom. The first-order valence-corrected chi connectivity index (χ1v) is 3.99. The zero-order valence-electron chi connectivity index (χ0n) is 6.75. The predicted octanol–water partition coefficient (Wildman–Crippen LogP) is -0.792. The number of aliphatic hydroxyl groups excluding tert-OH is 1. The van der Waals surface area contributed by atoms with Crippen LogP contribution in [0.3, 0.4) is 0 Å². The van der Waals surface area contributed by atoms with Gasteiger partial charge in [-0.05, 0) is 0 Å². The van der Waals surface area contributed by atoms with Gasteiger partial charge >= 0.3 is 6.16 Å². The fourth-order valence-corrected chi connectivity index (χ4v) is 1.67. The first kappa shape index (κ1) is 8.74. The summed E-state index contributed by atoms with van der Waals surface area (Å²) in [6.07, 6.45) is -3.53. The molecule has 2 N–H and O–H groups in total. The Morgan fingerprint density at radius 2 is 2.00 bits per heavy atom. The molecule has 4 atom stereocenters. The maximum Gasteiger partial charge on any atom is 0.506 e. The minimum absolute atomic E-state index is 0.151. The molecule has 2 saturated heterocycles. The zero-order chi connectivity index (χ0) is 9.42. The lowest BCUT2D eigenvalue weighted by Crippen LogP contribution is -2.33. The normalized spacial score (nSPS) is 43.2. The van der Waals surface area contributed by atoms with Crippen molar-refractivity contribution < 1.29 is 29.2 Å². The number of hydrogen-bond donors (Lipinski definition) is 2. The molecule has 0 amide bonds. The standard InChI is InChI=1S/C7H10O6/c8-3-1-11-6-4(13-7(9)10)2-12-5(3)6/h3-6,8H,1-2H2,(H,9,10)/t3-,4+,5-,6-/m1/s1. The second kappa shape index (κ2) is 3.13. The highest BCUT2D eigenvalue weighted by Crippen LogP contribution is 2.28. The minimum Gasteiger partial charge on any atom is -0.450 e. The predicted molar refractivity (Wildman–Crippen MR) is 38.4 cm³/mol. The van der Waals surface area contributed by atoms with Crippen molar-refractivity contribution in [3.8, 4) is 0 Å². The summed E-state index contributed by atoms with van der Waals surface area (Å²) in [4.78, 5) is 10.2. The second-order valence-electron chi connectivity index (χ2n) is 3.09. The molecule has 0 bridgehead atoms. The number of ether oxygens (including phenoxy) is 3. The number of aliphatic hydroxyl groups is 1. The Labute approximate surface area is 74.0 Å². The van der Waals surface area contributed by atoms with Crippen molar-refractivity contribution in [3.05, 3.63) is 0 Å². The van der Waals surface area contributed by atoms with Crippen molar-refractivity contribution in [2.24, 2.45) is 0 Å². The Hall–Kier alpha value is -0.850.